The highest BCUT2D eigenvalue weighted by molar-refractivity contribution is 5.94. The average Bonchev–Trinajstić information content (AvgIpc) is 3.53. The number of aromatic amines is 1. The maximum Gasteiger partial charge on any atom is 0.272 e. The van der Waals surface area contributed by atoms with E-state index in [9.17, 15) is 10.1 Å². The third kappa shape index (κ3) is 4.33. The number of fused-ring (bicyclic) bond motifs is 2. The van der Waals surface area contributed by atoms with Gasteiger partial charge in [-0.15, -0.1) is 0 Å². The summed E-state index contributed by atoms with van der Waals surface area (Å²) in [6, 6.07) is 11.7. The number of para-hydroxylation sites is 1. The molecule has 2 aliphatic rings. The fourth-order valence-corrected chi connectivity index (χ4v) is 4.65. The lowest BCUT2D eigenvalue weighted by molar-refractivity contribution is 0.0924. The van der Waals surface area contributed by atoms with E-state index < -0.39 is 0 Å². The molecule has 32 heavy (non-hydrogen) atoms. The minimum Gasteiger partial charge on any atom is -0.404 e. The molecule has 1 saturated heterocycles. The SMILES string of the molecule is CCC/C=C(Nc1ccccc1)\C(=C/N)c1cc(C(=O)N[C@@H]2C3CCC2N(C#N)C3)n[nH]1. The zero-order valence-electron chi connectivity index (χ0n) is 18.2. The molecule has 166 valence electrons. The smallest absolute Gasteiger partial charge is 0.272 e. The number of allylic oxidation sites excluding steroid dienone is 2. The van der Waals surface area contributed by atoms with Gasteiger partial charge in [-0.1, -0.05) is 37.6 Å². The van der Waals surface area contributed by atoms with Gasteiger partial charge in [0.1, 0.15) is 0 Å². The molecule has 0 spiro atoms. The molecule has 2 aromatic rings. The number of benzene rings is 1. The van der Waals surface area contributed by atoms with Crippen LogP contribution in [0.5, 0.6) is 0 Å². The largest absolute Gasteiger partial charge is 0.404 e. The van der Waals surface area contributed by atoms with Gasteiger partial charge in [0.15, 0.2) is 11.9 Å². The summed E-state index contributed by atoms with van der Waals surface area (Å²) >= 11 is 0. The van der Waals surface area contributed by atoms with Crippen LogP contribution >= 0.6 is 0 Å². The fraction of sp³-hybridized carbons (Fsp3) is 0.375. The Labute approximate surface area is 188 Å². The molecule has 2 unspecified atom stereocenters. The number of piperidine rings is 1. The van der Waals surface area contributed by atoms with Crippen LogP contribution in [0.15, 0.2) is 54.4 Å². The van der Waals surface area contributed by atoms with Crippen molar-refractivity contribution in [1.29, 1.82) is 5.26 Å². The normalized spacial score (nSPS) is 22.6. The van der Waals surface area contributed by atoms with Gasteiger partial charge in [-0.25, -0.2) is 0 Å². The number of nitrogens with one attached hydrogen (secondary N) is 3. The molecule has 2 heterocycles. The van der Waals surface area contributed by atoms with Crippen LogP contribution in [0.2, 0.25) is 0 Å². The Morgan fingerprint density at radius 3 is 2.88 bits per heavy atom. The number of rotatable bonds is 8. The number of nitrogens with zero attached hydrogens (tertiary/aromatic N) is 3. The molecule has 1 amide bonds. The molecule has 3 atom stereocenters. The van der Waals surface area contributed by atoms with Gasteiger partial charge in [0.2, 0.25) is 0 Å². The first-order valence-electron chi connectivity index (χ1n) is 11.1. The van der Waals surface area contributed by atoms with Gasteiger partial charge in [-0.05, 0) is 43.4 Å². The van der Waals surface area contributed by atoms with E-state index in [4.69, 9.17) is 5.73 Å². The second-order valence-electron chi connectivity index (χ2n) is 8.30. The zero-order chi connectivity index (χ0) is 22.5. The number of aromatic nitrogens is 2. The zero-order valence-corrected chi connectivity index (χ0v) is 18.2. The summed E-state index contributed by atoms with van der Waals surface area (Å²) in [4.78, 5) is 14.7. The minimum atomic E-state index is -0.235. The van der Waals surface area contributed by atoms with Gasteiger partial charge in [-0.2, -0.15) is 10.4 Å². The highest BCUT2D eigenvalue weighted by atomic mass is 16.2. The van der Waals surface area contributed by atoms with Crippen LogP contribution in [-0.4, -0.2) is 39.6 Å². The quantitative estimate of drug-likeness (QED) is 0.376. The number of likely N-dealkylation sites (tertiary alicyclic amines) is 1. The number of hydrogen-bond donors (Lipinski definition) is 4. The van der Waals surface area contributed by atoms with Crippen LogP contribution in [0.4, 0.5) is 5.69 Å². The molecule has 1 aliphatic carbocycles. The van der Waals surface area contributed by atoms with Crippen molar-refractivity contribution in [2.75, 3.05) is 11.9 Å². The molecule has 1 aromatic heterocycles. The molecule has 8 heteroatoms. The summed E-state index contributed by atoms with van der Waals surface area (Å²) in [6.45, 7) is 2.83. The Morgan fingerprint density at radius 1 is 1.38 bits per heavy atom. The maximum atomic E-state index is 12.9. The Morgan fingerprint density at radius 2 is 2.19 bits per heavy atom. The van der Waals surface area contributed by atoms with Crippen molar-refractivity contribution < 1.29 is 4.79 Å². The molecule has 1 aromatic carbocycles. The van der Waals surface area contributed by atoms with Crippen LogP contribution in [0.1, 0.15) is 48.8 Å². The van der Waals surface area contributed by atoms with Crippen molar-refractivity contribution in [2.45, 2.75) is 44.7 Å². The van der Waals surface area contributed by atoms with E-state index >= 15 is 0 Å². The topological polar surface area (TPSA) is 123 Å². The van der Waals surface area contributed by atoms with Crippen LogP contribution in [-0.2, 0) is 0 Å². The molecule has 2 bridgehead atoms. The highest BCUT2D eigenvalue weighted by Crippen LogP contribution is 2.37. The van der Waals surface area contributed by atoms with E-state index in [0.29, 0.717) is 23.9 Å². The van der Waals surface area contributed by atoms with Crippen molar-refractivity contribution in [3.8, 4) is 6.19 Å². The van der Waals surface area contributed by atoms with Gasteiger partial charge in [0.05, 0.1) is 17.8 Å². The summed E-state index contributed by atoms with van der Waals surface area (Å²) in [5.41, 5.74) is 9.52. The Bertz CT molecular complexity index is 1050. The van der Waals surface area contributed by atoms with E-state index in [1.807, 2.05) is 30.3 Å². The molecule has 4 rings (SSSR count). The number of carbonyl (C=O) groups excluding carboxylic acids is 1. The Hall–Kier alpha value is -3.73. The first-order chi connectivity index (χ1) is 15.6. The molecule has 5 N–H and O–H groups in total. The fourth-order valence-electron chi connectivity index (χ4n) is 4.65. The minimum absolute atomic E-state index is 0.00780. The number of carbonyl (C=O) groups is 1. The van der Waals surface area contributed by atoms with Gasteiger partial charge in [-0.3, -0.25) is 9.89 Å². The van der Waals surface area contributed by atoms with Crippen molar-refractivity contribution in [1.82, 2.24) is 20.4 Å². The number of H-pyrrole nitrogens is 1. The van der Waals surface area contributed by atoms with E-state index in [1.54, 1.807) is 11.0 Å². The third-order valence-corrected chi connectivity index (χ3v) is 6.26. The monoisotopic (exact) mass is 431 g/mol. The lowest BCUT2D eigenvalue weighted by Crippen LogP contribution is -2.42. The highest BCUT2D eigenvalue weighted by Gasteiger charge is 2.47. The van der Waals surface area contributed by atoms with E-state index in [-0.39, 0.29) is 18.0 Å². The Kier molecular flexibility index (Phi) is 6.45. The number of amides is 1. The molecular formula is C24H29N7O. The second-order valence-corrected chi connectivity index (χ2v) is 8.30. The molecule has 0 radical (unpaired) electrons. The van der Waals surface area contributed by atoms with Gasteiger partial charge < -0.3 is 21.3 Å². The van der Waals surface area contributed by atoms with E-state index in [0.717, 1.165) is 42.6 Å². The van der Waals surface area contributed by atoms with Crippen molar-refractivity contribution in [3.63, 3.8) is 0 Å². The molecular weight excluding hydrogens is 402 g/mol. The van der Waals surface area contributed by atoms with Crippen LogP contribution in [0.3, 0.4) is 0 Å². The summed E-state index contributed by atoms with van der Waals surface area (Å²) in [5.74, 6) is 0.0841. The third-order valence-electron chi connectivity index (χ3n) is 6.26. The molecule has 1 saturated carbocycles. The van der Waals surface area contributed by atoms with Gasteiger partial charge in [0, 0.05) is 29.7 Å². The van der Waals surface area contributed by atoms with E-state index in [2.05, 4.69) is 40.0 Å². The molecule has 1 aliphatic heterocycles. The standard InChI is InChI=1S/C24H29N7O/c1-2-3-9-19(27-17-7-5-4-6-8-17)18(13-25)20-12-21(30-29-20)24(32)28-23-16-10-11-22(23)31(14-16)15-26/h4-9,12-13,16,22-23,27H,2-3,10-11,14,25H2,1H3,(H,28,32)(H,29,30)/b18-13+,19-9+/t16?,22?,23-/m1/s1. The van der Waals surface area contributed by atoms with Crippen molar-refractivity contribution in [2.24, 2.45) is 11.7 Å². The predicted molar refractivity (Wildman–Crippen MR) is 124 cm³/mol. The van der Waals surface area contributed by atoms with Crippen LogP contribution < -0.4 is 16.4 Å². The maximum absolute atomic E-state index is 12.9. The van der Waals surface area contributed by atoms with Crippen LogP contribution in [0.25, 0.3) is 5.57 Å². The number of nitriles is 1. The van der Waals surface area contributed by atoms with E-state index in [1.165, 1.54) is 6.20 Å². The summed E-state index contributed by atoms with van der Waals surface area (Å²) < 4.78 is 0. The number of anilines is 1. The van der Waals surface area contributed by atoms with Crippen LogP contribution in [0, 0.1) is 17.4 Å². The van der Waals surface area contributed by atoms with Crippen molar-refractivity contribution in [3.05, 3.63) is 65.8 Å². The first kappa shape index (κ1) is 21.5. The second kappa shape index (κ2) is 9.60. The average molecular weight is 432 g/mol. The Balaban J connectivity index is 1.50. The predicted octanol–water partition coefficient (Wildman–Crippen LogP) is 3.18. The number of hydrogen-bond acceptors (Lipinski definition) is 6. The summed E-state index contributed by atoms with van der Waals surface area (Å²) in [5, 5.41) is 23.0. The lowest BCUT2D eigenvalue weighted by Gasteiger charge is -2.21. The summed E-state index contributed by atoms with van der Waals surface area (Å²) in [6.07, 6.45) is 9.71. The van der Waals surface area contributed by atoms with Gasteiger partial charge in [0.25, 0.3) is 5.91 Å². The van der Waals surface area contributed by atoms with Crippen molar-refractivity contribution >= 4 is 17.2 Å². The number of unbranched alkanes of at least 4 members (excludes halogenated alkanes) is 1. The first-order valence-corrected chi connectivity index (χ1v) is 11.1. The number of nitrogens with two attached hydrogens (primary N) is 1. The molecule has 8 nitrogen and oxygen atoms in total. The van der Waals surface area contributed by atoms with Gasteiger partial charge >= 0.3 is 0 Å². The lowest BCUT2D eigenvalue weighted by atomic mass is 10.1. The summed E-state index contributed by atoms with van der Waals surface area (Å²) in [7, 11) is 0. The molecule has 2 fully saturated rings.